The van der Waals surface area contributed by atoms with Gasteiger partial charge in [0.2, 0.25) is 0 Å². The van der Waals surface area contributed by atoms with Gasteiger partial charge in [0.15, 0.2) is 16.7 Å². The maximum Gasteiger partial charge on any atom is 0.172 e. The van der Waals surface area contributed by atoms with Crippen molar-refractivity contribution in [3.63, 3.8) is 0 Å². The van der Waals surface area contributed by atoms with E-state index in [0.29, 0.717) is 23.7 Å². The van der Waals surface area contributed by atoms with Crippen LogP contribution in [-0.2, 0) is 5.41 Å². The van der Waals surface area contributed by atoms with Crippen molar-refractivity contribution in [3.05, 3.63) is 95.6 Å². The van der Waals surface area contributed by atoms with Gasteiger partial charge < -0.3 is 14.2 Å². The van der Waals surface area contributed by atoms with Gasteiger partial charge in [0, 0.05) is 16.9 Å². The molecule has 6 nitrogen and oxygen atoms in total. The SMILES string of the molecule is COc1ccc(C(C)(C)c2cnc(SCCCOc3ccc(C#N)cc3)n2-c2ccc(F)cc2)cc1OC. The molecule has 4 rings (SSSR count). The zero-order chi connectivity index (χ0) is 27.1. The Morgan fingerprint density at radius 1 is 0.974 bits per heavy atom. The summed E-state index contributed by atoms with van der Waals surface area (Å²) in [5.74, 6) is 2.55. The number of hydrogen-bond acceptors (Lipinski definition) is 6. The molecule has 196 valence electrons. The molecule has 4 aromatic rings. The molecule has 0 saturated heterocycles. The van der Waals surface area contributed by atoms with Crippen LogP contribution in [0, 0.1) is 17.1 Å². The second-order valence-corrected chi connectivity index (χ2v) is 10.2. The Hall–Kier alpha value is -3.96. The van der Waals surface area contributed by atoms with E-state index >= 15 is 0 Å². The lowest BCUT2D eigenvalue weighted by Crippen LogP contribution is -2.23. The van der Waals surface area contributed by atoms with Crippen LogP contribution in [0.4, 0.5) is 4.39 Å². The first-order valence-corrected chi connectivity index (χ1v) is 13.2. The van der Waals surface area contributed by atoms with Gasteiger partial charge in [0.25, 0.3) is 0 Å². The second-order valence-electron chi connectivity index (χ2n) is 9.12. The lowest BCUT2D eigenvalue weighted by Gasteiger charge is -2.28. The lowest BCUT2D eigenvalue weighted by atomic mass is 9.81. The van der Waals surface area contributed by atoms with Crippen LogP contribution in [0.15, 0.2) is 78.1 Å². The maximum absolute atomic E-state index is 13.8. The van der Waals surface area contributed by atoms with Crippen molar-refractivity contribution < 1.29 is 18.6 Å². The summed E-state index contributed by atoms with van der Waals surface area (Å²) in [6.45, 7) is 4.80. The molecule has 1 aromatic heterocycles. The van der Waals surface area contributed by atoms with E-state index < -0.39 is 5.41 Å². The minimum Gasteiger partial charge on any atom is -0.494 e. The summed E-state index contributed by atoms with van der Waals surface area (Å²) in [5, 5.41) is 9.75. The monoisotopic (exact) mass is 531 g/mol. The number of imidazole rings is 1. The van der Waals surface area contributed by atoms with Gasteiger partial charge in [-0.15, -0.1) is 0 Å². The molecule has 0 N–H and O–H groups in total. The molecule has 0 aliphatic rings. The Bertz CT molecular complexity index is 1410. The fourth-order valence-electron chi connectivity index (χ4n) is 4.13. The van der Waals surface area contributed by atoms with Crippen LogP contribution in [0.3, 0.4) is 0 Å². The third-order valence-electron chi connectivity index (χ3n) is 6.33. The lowest BCUT2D eigenvalue weighted by molar-refractivity contribution is 0.318. The summed E-state index contributed by atoms with van der Waals surface area (Å²) in [4.78, 5) is 4.76. The molecule has 0 unspecified atom stereocenters. The van der Waals surface area contributed by atoms with Crippen molar-refractivity contribution in [2.75, 3.05) is 26.6 Å². The number of thioether (sulfide) groups is 1. The predicted molar refractivity (Wildman–Crippen MR) is 147 cm³/mol. The fraction of sp³-hybridized carbons (Fsp3) is 0.267. The summed E-state index contributed by atoms with van der Waals surface area (Å²) < 4.78 is 32.6. The van der Waals surface area contributed by atoms with E-state index in [1.807, 2.05) is 24.4 Å². The number of halogens is 1. The molecule has 0 saturated carbocycles. The average Bonchev–Trinajstić information content (AvgIpc) is 3.38. The number of aromatic nitrogens is 2. The number of methoxy groups -OCH3 is 2. The Morgan fingerprint density at radius 2 is 1.68 bits per heavy atom. The van der Waals surface area contributed by atoms with E-state index in [1.54, 1.807) is 62.4 Å². The number of rotatable bonds is 11. The molecule has 1 heterocycles. The number of nitriles is 1. The first-order valence-electron chi connectivity index (χ1n) is 12.2. The molecule has 0 fully saturated rings. The predicted octanol–water partition coefficient (Wildman–Crippen LogP) is 6.79. The van der Waals surface area contributed by atoms with E-state index in [4.69, 9.17) is 24.5 Å². The minimum absolute atomic E-state index is 0.288. The van der Waals surface area contributed by atoms with Crippen molar-refractivity contribution in [1.29, 1.82) is 5.26 Å². The van der Waals surface area contributed by atoms with E-state index in [-0.39, 0.29) is 5.82 Å². The first kappa shape index (κ1) is 27.1. The van der Waals surface area contributed by atoms with Crippen LogP contribution in [0.1, 0.15) is 37.1 Å². The second kappa shape index (κ2) is 12.1. The van der Waals surface area contributed by atoms with Gasteiger partial charge in [-0.3, -0.25) is 4.57 Å². The van der Waals surface area contributed by atoms with E-state index in [1.165, 1.54) is 12.1 Å². The third kappa shape index (κ3) is 5.95. The topological polar surface area (TPSA) is 69.3 Å². The van der Waals surface area contributed by atoms with Gasteiger partial charge in [-0.1, -0.05) is 31.7 Å². The van der Waals surface area contributed by atoms with E-state index in [9.17, 15) is 4.39 Å². The molecule has 0 aliphatic carbocycles. The van der Waals surface area contributed by atoms with Gasteiger partial charge in [0.1, 0.15) is 11.6 Å². The van der Waals surface area contributed by atoms with E-state index in [2.05, 4.69) is 24.5 Å². The molecular formula is C30H30FN3O3S. The van der Waals surface area contributed by atoms with Crippen LogP contribution in [0.25, 0.3) is 5.69 Å². The highest BCUT2D eigenvalue weighted by Crippen LogP contribution is 2.39. The first-order chi connectivity index (χ1) is 18.4. The van der Waals surface area contributed by atoms with Crippen LogP contribution in [0.5, 0.6) is 17.2 Å². The van der Waals surface area contributed by atoms with Crippen molar-refractivity contribution in [2.45, 2.75) is 30.8 Å². The number of hydrogen-bond donors (Lipinski definition) is 0. The van der Waals surface area contributed by atoms with Crippen molar-refractivity contribution in [3.8, 4) is 29.0 Å². The summed E-state index contributed by atoms with van der Waals surface area (Å²) in [7, 11) is 3.24. The summed E-state index contributed by atoms with van der Waals surface area (Å²) in [5.41, 5.74) is 2.99. The Labute approximate surface area is 227 Å². The van der Waals surface area contributed by atoms with Crippen LogP contribution < -0.4 is 14.2 Å². The molecule has 0 bridgehead atoms. The summed E-state index contributed by atoms with van der Waals surface area (Å²) in [6.07, 6.45) is 2.69. The Kier molecular flexibility index (Phi) is 8.59. The van der Waals surface area contributed by atoms with Gasteiger partial charge in [-0.05, 0) is 72.6 Å². The molecule has 3 aromatic carbocycles. The van der Waals surface area contributed by atoms with Gasteiger partial charge in [0.05, 0.1) is 44.3 Å². The maximum atomic E-state index is 13.8. The summed E-state index contributed by atoms with van der Waals surface area (Å²) in [6, 6.07) is 21.5. The highest BCUT2D eigenvalue weighted by molar-refractivity contribution is 7.99. The highest BCUT2D eigenvalue weighted by Gasteiger charge is 2.30. The van der Waals surface area contributed by atoms with E-state index in [0.717, 1.165) is 40.0 Å². The van der Waals surface area contributed by atoms with Crippen molar-refractivity contribution in [2.24, 2.45) is 0 Å². The smallest absolute Gasteiger partial charge is 0.172 e. The van der Waals surface area contributed by atoms with Crippen LogP contribution in [0.2, 0.25) is 0 Å². The Balaban J connectivity index is 1.56. The van der Waals surface area contributed by atoms with Crippen LogP contribution >= 0.6 is 11.8 Å². The normalized spacial score (nSPS) is 11.2. The molecule has 0 aliphatic heterocycles. The minimum atomic E-state index is -0.446. The van der Waals surface area contributed by atoms with Gasteiger partial charge >= 0.3 is 0 Å². The number of benzene rings is 3. The standard InChI is InChI=1S/C30H30FN3O3S/c1-30(2,22-8-15-26(35-3)27(18-22)36-4)28-20-33-29(34(28)24-11-9-23(31)10-12-24)38-17-5-16-37-25-13-6-21(19-32)7-14-25/h6-15,18,20H,5,16-17H2,1-4H3. The molecule has 0 amide bonds. The quantitative estimate of drug-likeness (QED) is 0.157. The Morgan fingerprint density at radius 3 is 2.34 bits per heavy atom. The molecule has 0 atom stereocenters. The zero-order valence-corrected chi connectivity index (χ0v) is 22.7. The third-order valence-corrected chi connectivity index (χ3v) is 7.37. The number of nitrogens with zero attached hydrogens (tertiary/aromatic N) is 3. The zero-order valence-electron chi connectivity index (χ0n) is 21.9. The van der Waals surface area contributed by atoms with Crippen molar-refractivity contribution in [1.82, 2.24) is 9.55 Å². The molecular weight excluding hydrogens is 501 g/mol. The largest absolute Gasteiger partial charge is 0.494 e. The van der Waals surface area contributed by atoms with Gasteiger partial charge in [-0.25, -0.2) is 9.37 Å². The molecule has 0 spiro atoms. The van der Waals surface area contributed by atoms with Crippen molar-refractivity contribution >= 4 is 11.8 Å². The molecule has 38 heavy (non-hydrogen) atoms. The fourth-order valence-corrected chi connectivity index (χ4v) is 5.03. The molecule has 8 heteroatoms. The highest BCUT2D eigenvalue weighted by atomic mass is 32.2. The summed E-state index contributed by atoms with van der Waals surface area (Å²) >= 11 is 1.62. The average molecular weight is 532 g/mol. The molecule has 0 radical (unpaired) electrons. The number of ether oxygens (including phenoxy) is 3. The van der Waals surface area contributed by atoms with Gasteiger partial charge in [-0.2, -0.15) is 5.26 Å². The van der Waals surface area contributed by atoms with Crippen LogP contribution in [-0.4, -0.2) is 36.1 Å².